The van der Waals surface area contributed by atoms with Crippen LogP contribution in [-0.2, 0) is 0 Å². The Hall–Kier alpha value is -1.93. The third-order valence-corrected chi connectivity index (χ3v) is 5.25. The van der Waals surface area contributed by atoms with Gasteiger partial charge in [0.05, 0.1) is 0 Å². The molecule has 0 saturated carbocycles. The normalized spacial score (nSPS) is 15.8. The van der Waals surface area contributed by atoms with Crippen LogP contribution in [0, 0.1) is 27.7 Å². The van der Waals surface area contributed by atoms with Crippen molar-refractivity contribution in [3.63, 3.8) is 0 Å². The van der Waals surface area contributed by atoms with Gasteiger partial charge < -0.3 is 0 Å². The Labute approximate surface area is 131 Å². The SMILES string of the molecule is C.Cc1cc(C)c2c(c1)O[P+]1(Oc3cc(C)cc(C)c3O1)O2. The molecular weight excluding hydrogens is 299 g/mol. The van der Waals surface area contributed by atoms with E-state index in [0.717, 1.165) is 33.8 Å². The van der Waals surface area contributed by atoms with Gasteiger partial charge in [0.1, 0.15) is 0 Å². The van der Waals surface area contributed by atoms with Crippen LogP contribution in [0.1, 0.15) is 29.7 Å². The number of benzene rings is 2. The smallest absolute Gasteiger partial charge is 0.237 e. The summed E-state index contributed by atoms with van der Waals surface area (Å²) in [5, 5.41) is 0. The Morgan fingerprint density at radius 1 is 0.636 bits per heavy atom. The van der Waals surface area contributed by atoms with E-state index in [1.165, 1.54) is 0 Å². The van der Waals surface area contributed by atoms with Crippen LogP contribution in [0.3, 0.4) is 0 Å². The van der Waals surface area contributed by atoms with Gasteiger partial charge in [-0.2, -0.15) is 0 Å². The number of hydrogen-bond acceptors (Lipinski definition) is 4. The van der Waals surface area contributed by atoms with E-state index in [-0.39, 0.29) is 7.43 Å². The van der Waals surface area contributed by atoms with Crippen LogP contribution in [0.25, 0.3) is 0 Å². The summed E-state index contributed by atoms with van der Waals surface area (Å²) in [5.41, 5.74) is 4.30. The summed E-state index contributed by atoms with van der Waals surface area (Å²) in [6.45, 7) is 8.04. The molecule has 22 heavy (non-hydrogen) atoms. The Morgan fingerprint density at radius 2 is 1.05 bits per heavy atom. The summed E-state index contributed by atoms with van der Waals surface area (Å²) in [5.74, 6) is 2.83. The van der Waals surface area contributed by atoms with Gasteiger partial charge in [-0.15, -0.1) is 0 Å². The molecule has 0 atom stereocenters. The monoisotopic (exact) mass is 319 g/mol. The van der Waals surface area contributed by atoms with Gasteiger partial charge in [0.15, 0.2) is 0 Å². The minimum absolute atomic E-state index is 0. The lowest BCUT2D eigenvalue weighted by molar-refractivity contribution is 0.332. The number of aryl methyl sites for hydroxylation is 4. The van der Waals surface area contributed by atoms with Crippen molar-refractivity contribution >= 4 is 8.17 Å². The zero-order chi connectivity index (χ0) is 14.8. The molecule has 2 aliphatic heterocycles. The molecule has 0 fully saturated rings. The minimum Gasteiger partial charge on any atom is -0.237 e. The standard InChI is InChI=1S/C16H16O4P.CH4/c1-9-5-11(3)15-13(7-9)17-21(19-15)18-14-8-10(2)6-12(4)16(14)20-21;/h5-8H,1-4H3;1H4/q+1;. The van der Waals surface area contributed by atoms with Gasteiger partial charge in [0.25, 0.3) is 0 Å². The molecule has 2 heterocycles. The second-order valence-electron chi connectivity index (χ2n) is 5.63. The van der Waals surface area contributed by atoms with Crippen LogP contribution in [0.4, 0.5) is 0 Å². The molecule has 0 amide bonds. The molecule has 0 aromatic heterocycles. The lowest BCUT2D eigenvalue weighted by Gasteiger charge is -2.04. The fourth-order valence-electron chi connectivity index (χ4n) is 2.78. The molecule has 0 N–H and O–H groups in total. The van der Waals surface area contributed by atoms with Crippen molar-refractivity contribution in [1.29, 1.82) is 0 Å². The molecule has 1 spiro atoms. The number of rotatable bonds is 0. The fraction of sp³-hybridized carbons (Fsp3) is 0.294. The highest BCUT2D eigenvalue weighted by Crippen LogP contribution is 2.73. The highest BCUT2D eigenvalue weighted by atomic mass is 31.2. The predicted molar refractivity (Wildman–Crippen MR) is 88.0 cm³/mol. The molecule has 4 nitrogen and oxygen atoms in total. The first kappa shape index (κ1) is 15.0. The number of hydrogen-bond donors (Lipinski definition) is 0. The molecule has 116 valence electrons. The zero-order valence-electron chi connectivity index (χ0n) is 12.4. The maximum Gasteiger partial charge on any atom is 0.767 e. The molecular formula is C17H20O4P+. The van der Waals surface area contributed by atoms with Crippen LogP contribution in [0.15, 0.2) is 24.3 Å². The molecule has 2 aromatic rings. The van der Waals surface area contributed by atoms with Gasteiger partial charge in [-0.1, -0.05) is 19.6 Å². The maximum atomic E-state index is 5.96. The molecule has 5 heteroatoms. The topological polar surface area (TPSA) is 36.9 Å². The average Bonchev–Trinajstić information content (AvgIpc) is 2.90. The summed E-state index contributed by atoms with van der Waals surface area (Å²) in [7, 11) is -2.85. The van der Waals surface area contributed by atoms with E-state index < -0.39 is 8.17 Å². The molecule has 0 saturated heterocycles. The second kappa shape index (κ2) is 4.79. The minimum atomic E-state index is -2.85. The van der Waals surface area contributed by atoms with E-state index in [0.29, 0.717) is 11.5 Å². The van der Waals surface area contributed by atoms with E-state index in [2.05, 4.69) is 12.1 Å². The lowest BCUT2D eigenvalue weighted by Crippen LogP contribution is -2.10. The van der Waals surface area contributed by atoms with Crippen molar-refractivity contribution in [2.75, 3.05) is 0 Å². The molecule has 0 aliphatic carbocycles. The summed E-state index contributed by atoms with van der Waals surface area (Å²) in [6, 6.07) is 8.01. The molecule has 2 aromatic carbocycles. The third kappa shape index (κ3) is 2.10. The molecule has 4 rings (SSSR count). The van der Waals surface area contributed by atoms with Gasteiger partial charge in [0, 0.05) is 11.1 Å². The van der Waals surface area contributed by atoms with Gasteiger partial charge in [-0.05, 0) is 51.0 Å². The van der Waals surface area contributed by atoms with Gasteiger partial charge >= 0.3 is 8.17 Å². The van der Waals surface area contributed by atoms with Crippen LogP contribution >= 0.6 is 8.17 Å². The van der Waals surface area contributed by atoms with E-state index in [1.807, 2.05) is 39.8 Å². The van der Waals surface area contributed by atoms with E-state index in [1.54, 1.807) is 0 Å². The van der Waals surface area contributed by atoms with Crippen molar-refractivity contribution in [1.82, 2.24) is 0 Å². The van der Waals surface area contributed by atoms with Crippen LogP contribution in [0.5, 0.6) is 23.0 Å². The Kier molecular flexibility index (Phi) is 3.26. The van der Waals surface area contributed by atoms with Crippen molar-refractivity contribution in [3.8, 4) is 23.0 Å². The van der Waals surface area contributed by atoms with Crippen molar-refractivity contribution in [3.05, 3.63) is 46.5 Å². The third-order valence-electron chi connectivity index (χ3n) is 3.60. The molecule has 2 aliphatic rings. The second-order valence-corrected chi connectivity index (χ2v) is 7.26. The predicted octanol–water partition coefficient (Wildman–Crippen LogP) is 5.48. The first-order valence-corrected chi connectivity index (χ1v) is 8.32. The van der Waals surface area contributed by atoms with Crippen LogP contribution < -0.4 is 18.1 Å². The maximum absolute atomic E-state index is 5.96. The summed E-state index contributed by atoms with van der Waals surface area (Å²) in [6.07, 6.45) is 0. The van der Waals surface area contributed by atoms with Gasteiger partial charge in [-0.25, -0.2) is 18.1 Å². The van der Waals surface area contributed by atoms with Crippen LogP contribution in [-0.4, -0.2) is 0 Å². The highest BCUT2D eigenvalue weighted by Gasteiger charge is 2.67. The summed E-state index contributed by atoms with van der Waals surface area (Å²) < 4.78 is 23.8. The quantitative estimate of drug-likeness (QED) is 0.603. The van der Waals surface area contributed by atoms with E-state index in [4.69, 9.17) is 18.1 Å². The van der Waals surface area contributed by atoms with E-state index in [9.17, 15) is 0 Å². The van der Waals surface area contributed by atoms with Crippen LogP contribution in [0.2, 0.25) is 0 Å². The Bertz CT molecular complexity index is 704. The lowest BCUT2D eigenvalue weighted by atomic mass is 10.1. The zero-order valence-corrected chi connectivity index (χ0v) is 13.3. The largest absolute Gasteiger partial charge is 0.767 e. The number of fused-ring (bicyclic) bond motifs is 2. The summed E-state index contributed by atoms with van der Waals surface area (Å²) >= 11 is 0. The van der Waals surface area contributed by atoms with Crippen molar-refractivity contribution < 1.29 is 18.1 Å². The summed E-state index contributed by atoms with van der Waals surface area (Å²) in [4.78, 5) is 0. The van der Waals surface area contributed by atoms with Crippen molar-refractivity contribution in [2.45, 2.75) is 35.1 Å². The molecule has 0 radical (unpaired) electrons. The highest BCUT2D eigenvalue weighted by molar-refractivity contribution is 7.58. The first-order valence-electron chi connectivity index (χ1n) is 6.86. The average molecular weight is 319 g/mol. The van der Waals surface area contributed by atoms with Crippen molar-refractivity contribution in [2.24, 2.45) is 0 Å². The Morgan fingerprint density at radius 3 is 1.45 bits per heavy atom. The Balaban J connectivity index is 0.00000144. The van der Waals surface area contributed by atoms with E-state index >= 15 is 0 Å². The van der Waals surface area contributed by atoms with Gasteiger partial charge in [0.2, 0.25) is 23.0 Å². The molecule has 0 unspecified atom stereocenters. The fourth-order valence-corrected chi connectivity index (χ4v) is 4.67. The van der Waals surface area contributed by atoms with Gasteiger partial charge in [-0.3, -0.25) is 0 Å². The first-order chi connectivity index (χ1) is 9.96. The molecule has 0 bridgehead atoms.